The van der Waals surface area contributed by atoms with Crippen molar-refractivity contribution in [1.29, 1.82) is 0 Å². The molecular weight excluding hydrogens is 649 g/mol. The van der Waals surface area contributed by atoms with Crippen LogP contribution in [0.3, 0.4) is 0 Å². The topological polar surface area (TPSA) is 123 Å². The lowest BCUT2D eigenvalue weighted by atomic mass is 9.85. The van der Waals surface area contributed by atoms with Crippen molar-refractivity contribution in [1.82, 2.24) is 0 Å². The van der Waals surface area contributed by atoms with Gasteiger partial charge in [0.1, 0.15) is 11.5 Å². The van der Waals surface area contributed by atoms with Gasteiger partial charge in [0.15, 0.2) is 0 Å². The highest BCUT2D eigenvalue weighted by atomic mass is 16.3. The van der Waals surface area contributed by atoms with Gasteiger partial charge in [0.05, 0.1) is 23.5 Å². The van der Waals surface area contributed by atoms with Crippen LogP contribution in [0.4, 0.5) is 11.4 Å². The molecule has 0 unspecified atom stereocenters. The molecule has 0 heterocycles. The Bertz CT molecular complexity index is 1400. The van der Waals surface area contributed by atoms with Gasteiger partial charge in [-0.2, -0.15) is 0 Å². The quantitative estimate of drug-likeness (QED) is 0.0696. The number of anilines is 2. The Balaban J connectivity index is 1.84. The maximum absolute atomic E-state index is 12.8. The molecule has 1 fully saturated rings. The second kappa shape index (κ2) is 20.5. The van der Waals surface area contributed by atoms with Gasteiger partial charge in [-0.3, -0.25) is 19.6 Å². The van der Waals surface area contributed by atoms with Gasteiger partial charge in [0, 0.05) is 36.4 Å². The molecule has 288 valence electrons. The van der Waals surface area contributed by atoms with Crippen molar-refractivity contribution in [3.8, 4) is 11.5 Å². The van der Waals surface area contributed by atoms with Crippen molar-refractivity contribution in [2.75, 3.05) is 10.6 Å². The predicted molar refractivity (Wildman–Crippen MR) is 219 cm³/mol. The number of hydrogen-bond donors (Lipinski definition) is 4. The molecule has 2 aromatic rings. The zero-order chi connectivity index (χ0) is 38.3. The average molecular weight is 717 g/mol. The Morgan fingerprint density at radius 3 is 1.35 bits per heavy atom. The zero-order valence-electron chi connectivity index (χ0n) is 33.5. The van der Waals surface area contributed by atoms with Crippen molar-refractivity contribution < 1.29 is 19.8 Å². The van der Waals surface area contributed by atoms with E-state index in [-0.39, 0.29) is 46.2 Å². The van der Waals surface area contributed by atoms with Gasteiger partial charge in [0.25, 0.3) is 0 Å². The van der Waals surface area contributed by atoms with Crippen LogP contribution in [0.25, 0.3) is 0 Å². The van der Waals surface area contributed by atoms with Crippen molar-refractivity contribution in [2.24, 2.45) is 9.98 Å². The fourth-order valence-electron chi connectivity index (χ4n) is 6.56. The van der Waals surface area contributed by atoms with E-state index < -0.39 is 0 Å². The Morgan fingerprint density at radius 2 is 1.00 bits per heavy atom. The van der Waals surface area contributed by atoms with Crippen LogP contribution < -0.4 is 10.6 Å². The summed E-state index contributed by atoms with van der Waals surface area (Å²) >= 11 is 0. The lowest BCUT2D eigenvalue weighted by molar-refractivity contribution is -0.117. The smallest absolute Gasteiger partial charge is 0.224 e. The Kier molecular flexibility index (Phi) is 16.9. The third-order valence-electron chi connectivity index (χ3n) is 10.1. The Labute approximate surface area is 314 Å². The van der Waals surface area contributed by atoms with E-state index in [1.54, 1.807) is 12.4 Å². The van der Waals surface area contributed by atoms with Crippen molar-refractivity contribution >= 4 is 35.6 Å². The fourth-order valence-corrected chi connectivity index (χ4v) is 6.56. The number of aliphatic imine (C=N–C) groups is 2. The van der Waals surface area contributed by atoms with E-state index >= 15 is 0 Å². The minimum absolute atomic E-state index is 0.0198. The summed E-state index contributed by atoms with van der Waals surface area (Å²) < 4.78 is 0. The van der Waals surface area contributed by atoms with E-state index in [1.165, 1.54) is 12.8 Å². The number of carbonyl (C=O) groups is 2. The lowest BCUT2D eigenvalue weighted by Crippen LogP contribution is -2.27. The summed E-state index contributed by atoms with van der Waals surface area (Å²) in [7, 11) is 0. The van der Waals surface area contributed by atoms with E-state index in [1.807, 2.05) is 24.3 Å². The molecule has 1 aliphatic carbocycles. The maximum atomic E-state index is 12.8. The fraction of sp³-hybridized carbons (Fsp3) is 0.636. The van der Waals surface area contributed by atoms with Crippen LogP contribution >= 0.6 is 0 Å². The SMILES string of the molecule is CCCCCCCC(=O)Nc1cc(C(C)(C)C)cc(C=N[C@H]2CCCC[C@H]2N=Cc2cc(C(C)(C)C)cc(NC(=O)CCCCCCC)c2O)c1O. The van der Waals surface area contributed by atoms with Crippen molar-refractivity contribution in [2.45, 2.75) is 181 Å². The van der Waals surface area contributed by atoms with Gasteiger partial charge in [-0.25, -0.2) is 0 Å². The van der Waals surface area contributed by atoms with Gasteiger partial charge in [-0.15, -0.1) is 0 Å². The average Bonchev–Trinajstić information content (AvgIpc) is 3.08. The molecule has 1 aliphatic rings. The van der Waals surface area contributed by atoms with Crippen LogP contribution in [-0.4, -0.2) is 46.5 Å². The summed E-state index contributed by atoms with van der Waals surface area (Å²) in [6, 6.07) is 7.44. The molecule has 0 bridgehead atoms. The number of unbranched alkanes of at least 4 members (excludes halogenated alkanes) is 8. The van der Waals surface area contributed by atoms with Crippen LogP contribution in [0.2, 0.25) is 0 Å². The van der Waals surface area contributed by atoms with Crippen LogP contribution in [-0.2, 0) is 20.4 Å². The first-order valence-electron chi connectivity index (χ1n) is 20.0. The first-order valence-corrected chi connectivity index (χ1v) is 20.0. The molecule has 8 heteroatoms. The van der Waals surface area contributed by atoms with Gasteiger partial charge in [-0.1, -0.05) is 120 Å². The number of nitrogens with zero attached hydrogens (tertiary/aromatic N) is 2. The molecule has 0 saturated heterocycles. The van der Waals surface area contributed by atoms with E-state index in [2.05, 4.69) is 66.0 Å². The molecule has 52 heavy (non-hydrogen) atoms. The monoisotopic (exact) mass is 717 g/mol. The van der Waals surface area contributed by atoms with Crippen LogP contribution in [0, 0.1) is 0 Å². The van der Waals surface area contributed by atoms with E-state index in [9.17, 15) is 19.8 Å². The molecule has 2 amide bonds. The maximum Gasteiger partial charge on any atom is 0.224 e. The molecular formula is C44H68N4O4. The molecule has 2 aromatic carbocycles. The van der Waals surface area contributed by atoms with Crippen LogP contribution in [0.15, 0.2) is 34.3 Å². The summed E-state index contributed by atoms with van der Waals surface area (Å²) in [5, 5.41) is 28.6. The second-order valence-electron chi connectivity index (χ2n) is 16.8. The molecule has 0 radical (unpaired) electrons. The normalized spacial score (nSPS) is 16.8. The summed E-state index contributed by atoms with van der Waals surface area (Å²) in [5.74, 6) is -0.143. The standard InChI is InChI=1S/C44H68N4O4/c1-9-11-13-15-17-23-39(49)47-37-27-33(43(3,4)5)25-31(41(37)51)29-45-35-21-19-20-22-36(35)46-30-32-26-34(44(6,7)8)28-38(42(32)52)48-40(50)24-18-16-14-12-10-2/h25-30,35-36,51-52H,9-24H2,1-8H3,(H,47,49)(H,48,50)/t35-,36+. The molecule has 1 saturated carbocycles. The number of rotatable bonds is 18. The molecule has 0 spiro atoms. The second-order valence-corrected chi connectivity index (χ2v) is 16.8. The highest BCUT2D eigenvalue weighted by Crippen LogP contribution is 2.36. The van der Waals surface area contributed by atoms with Gasteiger partial charge in [0.2, 0.25) is 11.8 Å². The summed E-state index contributed by atoms with van der Waals surface area (Å²) in [4.78, 5) is 35.7. The summed E-state index contributed by atoms with van der Waals surface area (Å²) in [6.07, 6.45) is 18.7. The molecule has 4 N–H and O–H groups in total. The molecule has 0 aliphatic heterocycles. The van der Waals surface area contributed by atoms with Crippen molar-refractivity contribution in [3.05, 3.63) is 46.5 Å². The Morgan fingerprint density at radius 1 is 0.635 bits per heavy atom. The van der Waals surface area contributed by atoms with E-state index in [4.69, 9.17) is 9.98 Å². The highest BCUT2D eigenvalue weighted by molar-refractivity contribution is 5.97. The number of carbonyl (C=O) groups excluding carboxylic acids is 2. The molecule has 3 rings (SSSR count). The zero-order valence-corrected chi connectivity index (χ0v) is 33.5. The van der Waals surface area contributed by atoms with E-state index in [0.717, 1.165) is 88.2 Å². The minimum atomic E-state index is -0.204. The largest absolute Gasteiger partial charge is 0.505 e. The molecule has 0 aromatic heterocycles. The Hall–Kier alpha value is -3.68. The van der Waals surface area contributed by atoms with E-state index in [0.29, 0.717) is 35.3 Å². The molecule has 8 nitrogen and oxygen atoms in total. The van der Waals surface area contributed by atoms with Crippen LogP contribution in [0.1, 0.15) is 180 Å². The van der Waals surface area contributed by atoms with Crippen LogP contribution in [0.5, 0.6) is 11.5 Å². The third-order valence-corrected chi connectivity index (χ3v) is 10.1. The first-order chi connectivity index (χ1) is 24.6. The summed E-state index contributed by atoms with van der Waals surface area (Å²) in [5.41, 5.74) is 3.56. The highest BCUT2D eigenvalue weighted by Gasteiger charge is 2.25. The van der Waals surface area contributed by atoms with Crippen molar-refractivity contribution in [3.63, 3.8) is 0 Å². The predicted octanol–water partition coefficient (Wildman–Crippen LogP) is 11.1. The van der Waals surface area contributed by atoms with Gasteiger partial charge < -0.3 is 20.8 Å². The lowest BCUT2D eigenvalue weighted by Gasteiger charge is -2.26. The van der Waals surface area contributed by atoms with Gasteiger partial charge >= 0.3 is 0 Å². The number of phenols is 2. The minimum Gasteiger partial charge on any atom is -0.505 e. The molecule has 2 atom stereocenters. The number of amides is 2. The van der Waals surface area contributed by atoms with Gasteiger partial charge in [-0.05, 0) is 71.9 Å². The third kappa shape index (κ3) is 13.7. The number of hydrogen-bond acceptors (Lipinski definition) is 6. The number of nitrogens with one attached hydrogen (secondary N) is 2. The summed E-state index contributed by atoms with van der Waals surface area (Å²) in [6.45, 7) is 17.0. The first kappa shape index (κ1) is 42.7. The number of aromatic hydroxyl groups is 2. The number of phenolic OH excluding ortho intramolecular Hbond substituents is 2. The number of benzene rings is 2.